The van der Waals surface area contributed by atoms with E-state index in [-0.39, 0.29) is 0 Å². The molecule has 0 bridgehead atoms. The Hall–Kier alpha value is -7.37. The lowest BCUT2D eigenvalue weighted by Crippen LogP contribution is -2.00. The molecule has 54 heavy (non-hydrogen) atoms. The van der Waals surface area contributed by atoms with Crippen LogP contribution >= 0.6 is 0 Å². The maximum Gasteiger partial charge on any atom is 0.164 e. The van der Waals surface area contributed by atoms with Crippen molar-refractivity contribution >= 4 is 54.6 Å². The predicted molar refractivity (Wildman–Crippen MR) is 219 cm³/mol. The fourth-order valence-corrected chi connectivity index (χ4v) is 7.70. The summed E-state index contributed by atoms with van der Waals surface area (Å²) >= 11 is 0. The number of furan rings is 2. The van der Waals surface area contributed by atoms with Crippen molar-refractivity contribution in [3.8, 4) is 56.4 Å². The average Bonchev–Trinajstić information content (AvgIpc) is 3.82. The zero-order valence-corrected chi connectivity index (χ0v) is 28.9. The number of benzene rings is 8. The van der Waals surface area contributed by atoms with E-state index in [1.54, 1.807) is 0 Å². The van der Waals surface area contributed by atoms with Crippen LogP contribution in [0.25, 0.3) is 111 Å². The van der Waals surface area contributed by atoms with Gasteiger partial charge in [0.2, 0.25) is 0 Å². The lowest BCUT2D eigenvalue weighted by atomic mass is 9.98. The molecule has 0 saturated carbocycles. The summed E-state index contributed by atoms with van der Waals surface area (Å²) in [7, 11) is 0. The molecule has 5 heteroatoms. The van der Waals surface area contributed by atoms with E-state index in [4.69, 9.17) is 23.8 Å². The van der Waals surface area contributed by atoms with Crippen molar-refractivity contribution in [3.05, 3.63) is 176 Å². The third kappa shape index (κ3) is 4.98. The lowest BCUT2D eigenvalue weighted by molar-refractivity contribution is 0.668. The summed E-state index contributed by atoms with van der Waals surface area (Å²) in [6.45, 7) is 0. The smallest absolute Gasteiger partial charge is 0.164 e. The standard InChI is InChI=1S/C49H29N3O2/c1-2-10-35-29-36(28-25-30(35)9-1)33-21-19-31(20-22-33)32-23-26-34(27-24-32)47-50-48(39-13-7-17-43-45(39)37-11-3-5-15-41(37)53-43)52-49(51-47)40-14-8-18-44-46(40)38-12-4-6-16-42(38)54-44/h1-29H. The molecule has 3 aromatic heterocycles. The number of hydrogen-bond acceptors (Lipinski definition) is 5. The van der Waals surface area contributed by atoms with E-state index in [9.17, 15) is 0 Å². The molecule has 0 aliphatic carbocycles. The maximum atomic E-state index is 6.26. The normalized spacial score (nSPS) is 11.7. The third-order valence-electron chi connectivity index (χ3n) is 10.4. The number of fused-ring (bicyclic) bond motifs is 7. The van der Waals surface area contributed by atoms with E-state index >= 15 is 0 Å². The van der Waals surface area contributed by atoms with E-state index in [1.807, 2.05) is 60.7 Å². The van der Waals surface area contributed by atoms with Crippen molar-refractivity contribution in [1.82, 2.24) is 15.0 Å². The summed E-state index contributed by atoms with van der Waals surface area (Å²) < 4.78 is 12.5. The number of hydrogen-bond donors (Lipinski definition) is 0. The van der Waals surface area contributed by atoms with Crippen LogP contribution in [0.2, 0.25) is 0 Å². The zero-order valence-electron chi connectivity index (χ0n) is 28.9. The number of para-hydroxylation sites is 2. The van der Waals surface area contributed by atoms with Gasteiger partial charge in [-0.25, -0.2) is 15.0 Å². The van der Waals surface area contributed by atoms with Gasteiger partial charge in [-0.1, -0.05) is 146 Å². The molecule has 0 saturated heterocycles. The minimum absolute atomic E-state index is 0.574. The van der Waals surface area contributed by atoms with Gasteiger partial charge in [-0.15, -0.1) is 0 Å². The van der Waals surface area contributed by atoms with Gasteiger partial charge in [0.1, 0.15) is 22.3 Å². The monoisotopic (exact) mass is 691 g/mol. The van der Waals surface area contributed by atoms with Crippen LogP contribution in [0.15, 0.2) is 185 Å². The van der Waals surface area contributed by atoms with Crippen molar-refractivity contribution < 1.29 is 8.83 Å². The Morgan fingerprint density at radius 3 is 1.30 bits per heavy atom. The quantitative estimate of drug-likeness (QED) is 0.180. The summed E-state index contributed by atoms with van der Waals surface area (Å²) in [6, 6.07) is 60.6. The SMILES string of the molecule is c1ccc2cc(-c3ccc(-c4ccc(-c5nc(-c6cccc7oc8ccccc8c67)nc(-c6cccc7oc8ccccc8c67)n5)cc4)cc3)ccc2c1. The van der Waals surface area contributed by atoms with Crippen molar-refractivity contribution in [2.45, 2.75) is 0 Å². The van der Waals surface area contributed by atoms with Crippen LogP contribution in [0.5, 0.6) is 0 Å². The van der Waals surface area contributed by atoms with Crippen LogP contribution < -0.4 is 0 Å². The van der Waals surface area contributed by atoms with Gasteiger partial charge < -0.3 is 8.83 Å². The molecule has 0 fully saturated rings. The third-order valence-corrected chi connectivity index (χ3v) is 10.4. The minimum atomic E-state index is 0.574. The van der Waals surface area contributed by atoms with Gasteiger partial charge in [0.25, 0.3) is 0 Å². The van der Waals surface area contributed by atoms with Gasteiger partial charge in [0.05, 0.1) is 0 Å². The zero-order chi connectivity index (χ0) is 35.6. The van der Waals surface area contributed by atoms with Gasteiger partial charge >= 0.3 is 0 Å². The highest BCUT2D eigenvalue weighted by molar-refractivity contribution is 6.13. The fourth-order valence-electron chi connectivity index (χ4n) is 7.70. The van der Waals surface area contributed by atoms with Gasteiger partial charge in [0.15, 0.2) is 17.5 Å². The molecule has 0 amide bonds. The summed E-state index contributed by atoms with van der Waals surface area (Å²) in [5.41, 5.74) is 10.5. The first-order valence-corrected chi connectivity index (χ1v) is 18.0. The Bertz CT molecular complexity index is 3080. The molecule has 252 valence electrons. The van der Waals surface area contributed by atoms with E-state index in [0.29, 0.717) is 17.5 Å². The highest BCUT2D eigenvalue weighted by atomic mass is 16.3. The van der Waals surface area contributed by atoms with Crippen molar-refractivity contribution in [2.75, 3.05) is 0 Å². The molecule has 0 N–H and O–H groups in total. The Morgan fingerprint density at radius 2 is 0.722 bits per heavy atom. The predicted octanol–water partition coefficient (Wildman–Crippen LogP) is 13.2. The molecule has 0 aliphatic rings. The first-order valence-electron chi connectivity index (χ1n) is 18.0. The maximum absolute atomic E-state index is 6.26. The van der Waals surface area contributed by atoms with Crippen LogP contribution in [0.3, 0.4) is 0 Å². The average molecular weight is 692 g/mol. The summed E-state index contributed by atoms with van der Waals surface area (Å²) in [6.07, 6.45) is 0. The Kier molecular flexibility index (Phi) is 6.79. The first-order chi connectivity index (χ1) is 26.7. The molecule has 8 aromatic carbocycles. The summed E-state index contributed by atoms with van der Waals surface area (Å²) in [4.78, 5) is 15.5. The molecular formula is C49H29N3O2. The first kappa shape index (κ1) is 30.3. The number of nitrogens with zero attached hydrogens (tertiary/aromatic N) is 3. The van der Waals surface area contributed by atoms with Crippen molar-refractivity contribution in [2.24, 2.45) is 0 Å². The fraction of sp³-hybridized carbons (Fsp3) is 0. The molecule has 3 heterocycles. The lowest BCUT2D eigenvalue weighted by Gasteiger charge is -2.11. The minimum Gasteiger partial charge on any atom is -0.456 e. The van der Waals surface area contributed by atoms with Gasteiger partial charge in [-0.3, -0.25) is 0 Å². The highest BCUT2D eigenvalue weighted by Gasteiger charge is 2.20. The number of rotatable bonds is 5. The van der Waals surface area contributed by atoms with Crippen LogP contribution in [0.4, 0.5) is 0 Å². The second kappa shape index (κ2) is 12.1. The summed E-state index contributed by atoms with van der Waals surface area (Å²) in [5.74, 6) is 1.73. The molecule has 5 nitrogen and oxygen atoms in total. The molecule has 11 aromatic rings. The van der Waals surface area contributed by atoms with E-state index in [1.165, 1.54) is 21.9 Å². The van der Waals surface area contributed by atoms with Crippen LogP contribution in [-0.2, 0) is 0 Å². The Morgan fingerprint density at radius 1 is 0.296 bits per heavy atom. The Labute approximate surface area is 309 Å². The van der Waals surface area contributed by atoms with Crippen molar-refractivity contribution in [3.63, 3.8) is 0 Å². The van der Waals surface area contributed by atoms with Crippen LogP contribution in [-0.4, -0.2) is 15.0 Å². The molecule has 0 atom stereocenters. The van der Waals surface area contributed by atoms with Crippen molar-refractivity contribution in [1.29, 1.82) is 0 Å². The second-order valence-electron chi connectivity index (χ2n) is 13.6. The Balaban J connectivity index is 1.03. The van der Waals surface area contributed by atoms with E-state index in [2.05, 4.69) is 115 Å². The molecule has 0 radical (unpaired) electrons. The van der Waals surface area contributed by atoms with Gasteiger partial charge in [0, 0.05) is 38.2 Å². The number of aromatic nitrogens is 3. The molecule has 0 unspecified atom stereocenters. The summed E-state index contributed by atoms with van der Waals surface area (Å²) in [5, 5.41) is 6.48. The largest absolute Gasteiger partial charge is 0.456 e. The van der Waals surface area contributed by atoms with E-state index < -0.39 is 0 Å². The highest BCUT2D eigenvalue weighted by Crippen LogP contribution is 2.39. The molecule has 0 spiro atoms. The molecular weight excluding hydrogens is 663 g/mol. The second-order valence-corrected chi connectivity index (χ2v) is 13.6. The van der Waals surface area contributed by atoms with Crippen LogP contribution in [0.1, 0.15) is 0 Å². The topological polar surface area (TPSA) is 65.0 Å². The molecule has 0 aliphatic heterocycles. The van der Waals surface area contributed by atoms with Gasteiger partial charge in [-0.2, -0.15) is 0 Å². The van der Waals surface area contributed by atoms with E-state index in [0.717, 1.165) is 71.7 Å². The van der Waals surface area contributed by atoms with Crippen LogP contribution in [0, 0.1) is 0 Å². The van der Waals surface area contributed by atoms with Gasteiger partial charge in [-0.05, 0) is 63.4 Å². The molecule has 11 rings (SSSR count).